The maximum absolute atomic E-state index is 12.6. The predicted octanol–water partition coefficient (Wildman–Crippen LogP) is 11.8. The lowest BCUT2D eigenvalue weighted by Gasteiger charge is -2.20. The highest BCUT2D eigenvalue weighted by atomic mass is 31.2. The summed E-state index contributed by atoms with van der Waals surface area (Å²) in [6.45, 7) is 2.53. The minimum atomic E-state index is -4.75. The molecule has 0 amide bonds. The summed E-state index contributed by atoms with van der Waals surface area (Å²) in [4.78, 5) is 45.9. The number of hydrogen-bond acceptors (Lipinski definition) is 9. The molecule has 0 saturated carbocycles. The summed E-state index contributed by atoms with van der Waals surface area (Å²) in [5.74, 6) is -2.56. The molecule has 0 aromatic heterocycles. The van der Waals surface area contributed by atoms with Crippen molar-refractivity contribution in [2.45, 2.75) is 154 Å². The Morgan fingerprint density at radius 3 is 1.47 bits per heavy atom. The van der Waals surface area contributed by atoms with Crippen molar-refractivity contribution in [3.05, 3.63) is 109 Å². The van der Waals surface area contributed by atoms with Crippen LogP contribution in [0.1, 0.15) is 142 Å². The summed E-state index contributed by atoms with van der Waals surface area (Å²) in [7, 11) is -4.75. The van der Waals surface area contributed by atoms with Crippen LogP contribution in [0.15, 0.2) is 109 Å². The fourth-order valence-electron chi connectivity index (χ4n) is 5.10. The van der Waals surface area contributed by atoms with Crippen LogP contribution in [-0.2, 0) is 37.5 Å². The molecule has 3 atom stereocenters. The maximum Gasteiger partial charge on any atom is 0.472 e. The Hall–Kier alpha value is -3.86. The van der Waals surface area contributed by atoms with Gasteiger partial charge in [0.15, 0.2) is 6.10 Å². The summed E-state index contributed by atoms with van der Waals surface area (Å²) in [5, 5.41) is 8.88. The number of rotatable bonds is 39. The Labute approximate surface area is 361 Å². The van der Waals surface area contributed by atoms with E-state index in [1.165, 1.54) is 38.5 Å². The fraction of sp³-hybridized carbons (Fsp3) is 0.562. The molecule has 4 N–H and O–H groups in total. The summed E-state index contributed by atoms with van der Waals surface area (Å²) in [6.07, 6.45) is 54.7. The first-order valence-corrected chi connectivity index (χ1v) is 23.4. The zero-order valence-electron chi connectivity index (χ0n) is 36.5. The van der Waals surface area contributed by atoms with Gasteiger partial charge in [0.25, 0.3) is 0 Å². The van der Waals surface area contributed by atoms with Gasteiger partial charge in [-0.1, -0.05) is 155 Å². The first-order valence-electron chi connectivity index (χ1n) is 21.9. The Kier molecular flexibility index (Phi) is 39.2. The number of carbonyl (C=O) groups excluding carboxylic acids is 2. The third-order valence-electron chi connectivity index (χ3n) is 8.52. The molecule has 0 rings (SSSR count). The van der Waals surface area contributed by atoms with Gasteiger partial charge < -0.3 is 25.2 Å². The van der Waals surface area contributed by atoms with E-state index < -0.39 is 57.7 Å². The van der Waals surface area contributed by atoms with Gasteiger partial charge in [0.2, 0.25) is 0 Å². The number of nitrogens with two attached hydrogens (primary N) is 1. The highest BCUT2D eigenvalue weighted by Crippen LogP contribution is 2.43. The second kappa shape index (κ2) is 41.9. The highest BCUT2D eigenvalue weighted by molar-refractivity contribution is 7.47. The molecule has 11 nitrogen and oxygen atoms in total. The minimum Gasteiger partial charge on any atom is -0.480 e. The van der Waals surface area contributed by atoms with Gasteiger partial charge in [0.1, 0.15) is 12.6 Å². The number of carbonyl (C=O) groups is 3. The second-order valence-electron chi connectivity index (χ2n) is 14.1. The fourth-order valence-corrected chi connectivity index (χ4v) is 5.88. The Morgan fingerprint density at radius 2 is 0.967 bits per heavy atom. The molecule has 0 aliphatic heterocycles. The first-order chi connectivity index (χ1) is 29.1. The van der Waals surface area contributed by atoms with Crippen LogP contribution in [0, 0.1) is 0 Å². The molecule has 0 aromatic carbocycles. The normalized spacial score (nSPS) is 14.7. The number of hydrogen-bond donors (Lipinski definition) is 3. The maximum atomic E-state index is 12.6. The van der Waals surface area contributed by atoms with Gasteiger partial charge in [-0.3, -0.25) is 23.4 Å². The van der Waals surface area contributed by atoms with E-state index in [4.69, 9.17) is 24.8 Å². The number of aliphatic carboxylic acids is 1. The smallest absolute Gasteiger partial charge is 0.472 e. The number of allylic oxidation sites excluding steroid dienone is 18. The van der Waals surface area contributed by atoms with E-state index in [1.807, 2.05) is 24.3 Å². The van der Waals surface area contributed by atoms with E-state index in [0.717, 1.165) is 57.8 Å². The molecule has 0 saturated heterocycles. The van der Waals surface area contributed by atoms with Crippen molar-refractivity contribution in [3.8, 4) is 0 Å². The number of carboxylic acid groups (broad SMARTS) is 1. The molecule has 0 bridgehead atoms. The summed E-state index contributed by atoms with van der Waals surface area (Å²) in [6, 6.07) is -1.54. The summed E-state index contributed by atoms with van der Waals surface area (Å²) >= 11 is 0. The van der Waals surface area contributed by atoms with E-state index in [2.05, 4.69) is 103 Å². The van der Waals surface area contributed by atoms with Gasteiger partial charge in [-0.25, -0.2) is 4.57 Å². The number of unbranched alkanes of at least 4 members (excludes halogenated alkanes) is 7. The Bertz CT molecular complexity index is 1430. The van der Waals surface area contributed by atoms with Gasteiger partial charge in [-0.15, -0.1) is 0 Å². The highest BCUT2D eigenvalue weighted by Gasteiger charge is 2.28. The van der Waals surface area contributed by atoms with Crippen LogP contribution < -0.4 is 5.73 Å². The molecule has 0 radical (unpaired) electrons. The van der Waals surface area contributed by atoms with Crippen LogP contribution >= 0.6 is 7.82 Å². The quantitative estimate of drug-likeness (QED) is 0.0232. The predicted molar refractivity (Wildman–Crippen MR) is 244 cm³/mol. The third-order valence-corrected chi connectivity index (χ3v) is 9.47. The van der Waals surface area contributed by atoms with Gasteiger partial charge in [-0.05, 0) is 83.5 Å². The Balaban J connectivity index is 4.51. The zero-order chi connectivity index (χ0) is 44.2. The lowest BCUT2D eigenvalue weighted by molar-refractivity contribution is -0.161. The number of phosphoric acid groups is 1. The van der Waals surface area contributed by atoms with Crippen LogP contribution in [0.4, 0.5) is 0 Å². The topological polar surface area (TPSA) is 172 Å². The molecule has 12 heteroatoms. The molecule has 0 aliphatic rings. The molecule has 0 spiro atoms. The average Bonchev–Trinajstić information content (AvgIpc) is 3.22. The number of esters is 2. The van der Waals surface area contributed by atoms with Crippen LogP contribution in [0.25, 0.3) is 0 Å². The molecule has 0 aromatic rings. The zero-order valence-corrected chi connectivity index (χ0v) is 37.4. The number of phosphoric ester groups is 1. The van der Waals surface area contributed by atoms with Crippen molar-refractivity contribution in [1.29, 1.82) is 0 Å². The molecule has 2 unspecified atom stereocenters. The van der Waals surface area contributed by atoms with Gasteiger partial charge in [-0.2, -0.15) is 0 Å². The van der Waals surface area contributed by atoms with Gasteiger partial charge >= 0.3 is 25.7 Å². The first kappa shape index (κ1) is 56.1. The molecular formula is C48H76NO10P. The van der Waals surface area contributed by atoms with Crippen LogP contribution in [0.2, 0.25) is 0 Å². The molecule has 338 valence electrons. The Morgan fingerprint density at radius 1 is 0.533 bits per heavy atom. The largest absolute Gasteiger partial charge is 0.480 e. The molecule has 0 heterocycles. The van der Waals surface area contributed by atoms with Crippen molar-refractivity contribution < 1.29 is 47.5 Å². The van der Waals surface area contributed by atoms with Crippen LogP contribution in [0.3, 0.4) is 0 Å². The number of ether oxygens (including phenoxy) is 2. The van der Waals surface area contributed by atoms with Gasteiger partial charge in [0, 0.05) is 12.8 Å². The summed E-state index contributed by atoms with van der Waals surface area (Å²) in [5.41, 5.74) is 5.32. The third kappa shape index (κ3) is 40.9. The van der Waals surface area contributed by atoms with Crippen molar-refractivity contribution in [2.24, 2.45) is 5.73 Å². The molecule has 0 fully saturated rings. The van der Waals surface area contributed by atoms with E-state index in [0.29, 0.717) is 19.3 Å². The SMILES string of the molecule is CC/C=C/C/C=C/C/C=C/C/C=C/C/C=C/C/C=C/C/C=C/CCCC(=O)OCC(COP(=O)(O)OC[C@H](N)C(=O)O)OC(=O)CC/C=C/C/C=C/CCCCCCCC. The van der Waals surface area contributed by atoms with E-state index in [9.17, 15) is 23.8 Å². The summed E-state index contributed by atoms with van der Waals surface area (Å²) < 4.78 is 32.5. The van der Waals surface area contributed by atoms with Gasteiger partial charge in [0.05, 0.1) is 13.2 Å². The average molecular weight is 858 g/mol. The number of carboxylic acids is 1. The van der Waals surface area contributed by atoms with Crippen LogP contribution in [-0.4, -0.2) is 59.9 Å². The van der Waals surface area contributed by atoms with Crippen molar-refractivity contribution >= 4 is 25.7 Å². The monoisotopic (exact) mass is 858 g/mol. The standard InChI is InChI=1S/C48H76NO10P/c1-3-5-7-9-11-13-15-17-18-19-20-21-22-23-24-25-26-28-29-31-33-35-37-39-46(50)56-41-44(42-57-60(54,55)58-43-45(49)48(52)53)59-47(51)40-38-36-34-32-30-27-16-14-12-10-8-6-4-2/h5,7,11,13,17-18,20-21,23-24,26-28,30-31,33-34,36,44-45H,3-4,6,8-10,12,14-16,19,22,25,29,32,35,37-43,49H2,1-2H3,(H,52,53)(H,54,55)/b7-5+,13-11+,18-17+,21-20+,24-23+,28-26+,30-27+,33-31+,36-34+/t44?,45-/m0/s1. The van der Waals surface area contributed by atoms with E-state index in [1.54, 1.807) is 0 Å². The van der Waals surface area contributed by atoms with Crippen molar-refractivity contribution in [1.82, 2.24) is 0 Å². The molecule has 60 heavy (non-hydrogen) atoms. The van der Waals surface area contributed by atoms with Crippen LogP contribution in [0.5, 0.6) is 0 Å². The van der Waals surface area contributed by atoms with E-state index in [-0.39, 0.29) is 12.8 Å². The molecule has 0 aliphatic carbocycles. The molecular weight excluding hydrogens is 781 g/mol. The lowest BCUT2D eigenvalue weighted by atomic mass is 10.1. The lowest BCUT2D eigenvalue weighted by Crippen LogP contribution is -2.34. The second-order valence-corrected chi connectivity index (χ2v) is 15.5. The minimum absolute atomic E-state index is 0.0358. The van der Waals surface area contributed by atoms with E-state index >= 15 is 0 Å². The van der Waals surface area contributed by atoms with Crippen molar-refractivity contribution in [3.63, 3.8) is 0 Å². The van der Waals surface area contributed by atoms with Crippen molar-refractivity contribution in [2.75, 3.05) is 19.8 Å².